The van der Waals surface area contributed by atoms with Crippen LogP contribution in [-0.4, -0.2) is 0 Å². The summed E-state index contributed by atoms with van der Waals surface area (Å²) in [5.41, 5.74) is 5.15. The minimum Gasteiger partial charge on any atom is -0.259 e. The van der Waals surface area contributed by atoms with Crippen molar-refractivity contribution in [1.82, 2.24) is 0 Å². The molecule has 0 aliphatic carbocycles. The first-order valence-corrected chi connectivity index (χ1v) is 12.5. The first-order chi connectivity index (χ1) is 14.8. The van der Waals surface area contributed by atoms with E-state index in [0.717, 1.165) is 17.2 Å². The maximum absolute atomic E-state index is 2.30. The predicted molar refractivity (Wildman–Crippen MR) is 145 cm³/mol. The Labute approximate surface area is 216 Å². The summed E-state index contributed by atoms with van der Waals surface area (Å²) < 4.78 is 0. The molecule has 32 heavy (non-hydrogen) atoms. The van der Waals surface area contributed by atoms with Gasteiger partial charge in [-0.1, -0.05) is 133 Å². The molecule has 0 aliphatic rings. The largest absolute Gasteiger partial charge is 0.259 e. The number of halogens is 1. The van der Waals surface area contributed by atoms with Crippen LogP contribution in [0, 0.1) is 5.40 Å². The van der Waals surface area contributed by atoms with Crippen molar-refractivity contribution in [2.24, 2.45) is 0 Å². The molecule has 4 rings (SSSR count). The molecule has 0 saturated carbocycles. The molecule has 2 atom stereocenters. The van der Waals surface area contributed by atoms with Gasteiger partial charge in [0.25, 0.3) is 0 Å². The first kappa shape index (κ1) is 26.9. The molecule has 4 aromatic rings. The summed E-state index contributed by atoms with van der Waals surface area (Å²) in [5.74, 6) is 0. The van der Waals surface area contributed by atoms with Crippen LogP contribution in [0.15, 0.2) is 109 Å². The van der Waals surface area contributed by atoms with Crippen LogP contribution in [0.1, 0.15) is 19.8 Å². The Morgan fingerprint density at radius 3 is 1.22 bits per heavy atom. The molecule has 0 spiro atoms. The first-order valence-electron chi connectivity index (χ1n) is 10.5. The molecule has 0 N–H and O–H groups in total. The third kappa shape index (κ3) is 7.63. The van der Waals surface area contributed by atoms with E-state index in [0.29, 0.717) is 0 Å². The average Bonchev–Trinajstić information content (AvgIpc) is 2.81. The molecule has 4 aromatic carbocycles. The number of hydrogen-bond donors (Lipinski definition) is 0. The van der Waals surface area contributed by atoms with Crippen molar-refractivity contribution in [3.05, 3.63) is 115 Å². The second kappa shape index (κ2) is 14.1. The van der Waals surface area contributed by atoms with Crippen LogP contribution in [0.25, 0.3) is 22.3 Å². The molecular weight excluding hydrogens is 540 g/mol. The molecule has 0 nitrogen and oxygen atoms in total. The molecule has 0 amide bonds. The molecule has 0 aliphatic heterocycles. The van der Waals surface area contributed by atoms with E-state index in [1.54, 1.807) is 5.40 Å². The van der Waals surface area contributed by atoms with Crippen LogP contribution in [0.4, 0.5) is 0 Å². The number of rotatable bonds is 8. The second-order valence-corrected chi connectivity index (χ2v) is 10.7. The molecule has 2 unspecified atom stereocenters. The van der Waals surface area contributed by atoms with Crippen molar-refractivity contribution in [1.29, 1.82) is 0 Å². The fourth-order valence-corrected chi connectivity index (χ4v) is 6.74. The molecule has 0 heterocycles. The van der Waals surface area contributed by atoms with E-state index >= 15 is 0 Å². The van der Waals surface area contributed by atoms with Crippen molar-refractivity contribution in [2.75, 3.05) is 0 Å². The Morgan fingerprint density at radius 1 is 0.531 bits per heavy atom. The van der Waals surface area contributed by atoms with Gasteiger partial charge < -0.3 is 0 Å². The van der Waals surface area contributed by atoms with E-state index in [4.69, 9.17) is 0 Å². The van der Waals surface area contributed by atoms with Crippen LogP contribution < -0.4 is 10.6 Å². The van der Waals surface area contributed by atoms with Crippen molar-refractivity contribution in [3.63, 3.8) is 0 Å². The quantitative estimate of drug-likeness (QED) is 0.115. The van der Waals surface area contributed by atoms with Gasteiger partial charge in [-0.25, -0.2) is 17.2 Å². The Bertz CT molecular complexity index is 951. The topological polar surface area (TPSA) is 0 Å². The monoisotopic (exact) mass is 567 g/mol. The van der Waals surface area contributed by atoms with Crippen molar-refractivity contribution < 1.29 is 20.4 Å². The normalized spacial score (nSPS) is 11.1. The van der Waals surface area contributed by atoms with Gasteiger partial charge in [-0.05, 0) is 22.3 Å². The van der Waals surface area contributed by atoms with Gasteiger partial charge in [-0.2, -0.15) is 6.42 Å². The molecule has 0 saturated heterocycles. The van der Waals surface area contributed by atoms with Crippen molar-refractivity contribution in [3.8, 4) is 22.3 Å². The minimum absolute atomic E-state index is 0. The van der Waals surface area contributed by atoms with Crippen molar-refractivity contribution in [2.45, 2.75) is 19.8 Å². The van der Waals surface area contributed by atoms with E-state index < -0.39 is 0 Å². The van der Waals surface area contributed by atoms with Gasteiger partial charge in [0.1, 0.15) is 0 Å². The fraction of sp³-hybridized carbons (Fsp3) is 0.107. The van der Waals surface area contributed by atoms with Crippen LogP contribution in [-0.2, 0) is 20.4 Å². The molecule has 0 fully saturated rings. The number of benzene rings is 4. The SMILES string of the molecule is CCC[C-](Pc1ccc(-c2ccccc2)cc1)Pc1ccc(-c2ccccc2)cc1.Cl.[Pd]. The van der Waals surface area contributed by atoms with Gasteiger partial charge in [-0.15, -0.1) is 12.4 Å². The van der Waals surface area contributed by atoms with E-state index in [1.807, 2.05) is 0 Å². The van der Waals surface area contributed by atoms with Gasteiger partial charge in [0.2, 0.25) is 0 Å². The zero-order chi connectivity index (χ0) is 20.6. The molecule has 0 radical (unpaired) electrons. The van der Waals surface area contributed by atoms with Gasteiger partial charge >= 0.3 is 0 Å². The summed E-state index contributed by atoms with van der Waals surface area (Å²) in [5, 5.41) is 4.54. The zero-order valence-electron chi connectivity index (χ0n) is 18.0. The van der Waals surface area contributed by atoms with Crippen LogP contribution in [0.3, 0.4) is 0 Å². The molecule has 0 bridgehead atoms. The Kier molecular flexibility index (Phi) is 11.8. The molecule has 4 heteroatoms. The second-order valence-electron chi connectivity index (χ2n) is 7.37. The summed E-state index contributed by atoms with van der Waals surface area (Å²) in [6.45, 7) is 2.28. The van der Waals surface area contributed by atoms with Gasteiger partial charge in [0.15, 0.2) is 0 Å². The Morgan fingerprint density at radius 2 is 0.875 bits per heavy atom. The minimum atomic E-state index is 0. The maximum Gasteiger partial charge on any atom is 0 e. The number of hydrogen-bond acceptors (Lipinski definition) is 0. The summed E-state index contributed by atoms with van der Waals surface area (Å²) in [7, 11) is 1.56. The Balaban J connectivity index is 0.00000181. The van der Waals surface area contributed by atoms with E-state index in [2.05, 4.69) is 116 Å². The average molecular weight is 568 g/mol. The molecule has 0 aromatic heterocycles. The summed E-state index contributed by atoms with van der Waals surface area (Å²) >= 11 is 0. The summed E-state index contributed by atoms with van der Waals surface area (Å²) in [4.78, 5) is 0. The third-order valence-electron chi connectivity index (χ3n) is 5.07. The van der Waals surface area contributed by atoms with Gasteiger partial charge in [-0.3, -0.25) is 5.40 Å². The molecular formula is C28H28ClP2Pd-. The van der Waals surface area contributed by atoms with Crippen LogP contribution in [0.2, 0.25) is 0 Å². The van der Waals surface area contributed by atoms with Crippen LogP contribution in [0.5, 0.6) is 0 Å². The third-order valence-corrected chi connectivity index (χ3v) is 8.17. The Hall–Kier alpha value is -1.31. The van der Waals surface area contributed by atoms with E-state index in [-0.39, 0.29) is 32.8 Å². The summed E-state index contributed by atoms with van der Waals surface area (Å²) in [6, 6.07) is 39.5. The standard InChI is InChI=1S/C28H27P2.ClH.Pd/c1-2-9-28(29-26-18-14-24(15-19-26)22-10-5-3-6-11-22)30-27-20-16-25(17-21-27)23-12-7-4-8-13-23;;/h3-8,10-21,29-30H,2,9H2,1H3;1H;/q-1;;. The molecule has 168 valence electrons. The predicted octanol–water partition coefficient (Wildman–Crippen LogP) is 8.04. The van der Waals surface area contributed by atoms with E-state index in [1.165, 1.54) is 45.7 Å². The maximum atomic E-state index is 2.30. The van der Waals surface area contributed by atoms with Crippen LogP contribution >= 0.6 is 29.6 Å². The fourth-order valence-electron chi connectivity index (χ4n) is 3.51. The van der Waals surface area contributed by atoms with Crippen molar-refractivity contribution >= 4 is 40.2 Å². The van der Waals surface area contributed by atoms with E-state index in [9.17, 15) is 0 Å². The summed E-state index contributed by atoms with van der Waals surface area (Å²) in [6.07, 6.45) is 2.41. The van der Waals surface area contributed by atoms with Gasteiger partial charge in [0.05, 0.1) is 0 Å². The van der Waals surface area contributed by atoms with Gasteiger partial charge in [0, 0.05) is 20.4 Å². The smallest absolute Gasteiger partial charge is 0 e. The zero-order valence-corrected chi connectivity index (χ0v) is 22.4.